The zero-order valence-electron chi connectivity index (χ0n) is 10.9. The molecular weight excluding hydrogens is 252 g/mol. The number of thiocarbonyl (C=S) groups is 1. The van der Waals surface area contributed by atoms with Crippen LogP contribution in [0.15, 0.2) is 0 Å². The highest BCUT2D eigenvalue weighted by Gasteiger charge is 2.33. The number of thioether (sulfide) groups is 1. The normalized spacial score (nSPS) is 21.0. The van der Waals surface area contributed by atoms with Crippen LogP contribution in [0.2, 0.25) is 0 Å². The Morgan fingerprint density at radius 3 is 2.71 bits per heavy atom. The fourth-order valence-electron chi connectivity index (χ4n) is 2.10. The molecule has 0 spiro atoms. The number of hydrogen-bond acceptors (Lipinski definition) is 3. The third-order valence-corrected chi connectivity index (χ3v) is 4.54. The zero-order chi connectivity index (χ0) is 13.1. The second-order valence-corrected chi connectivity index (χ2v) is 7.39. The molecule has 98 valence electrons. The van der Waals surface area contributed by atoms with E-state index >= 15 is 0 Å². The van der Waals surface area contributed by atoms with Gasteiger partial charge in [-0.25, -0.2) is 0 Å². The molecule has 5 heteroatoms. The first-order valence-electron chi connectivity index (χ1n) is 6.09. The Hall–Kier alpha value is -0.290. The molecule has 1 saturated heterocycles. The summed E-state index contributed by atoms with van der Waals surface area (Å²) < 4.78 is 0.140. The first kappa shape index (κ1) is 14.8. The molecule has 0 aromatic carbocycles. The van der Waals surface area contributed by atoms with Crippen molar-refractivity contribution in [3.63, 3.8) is 0 Å². The van der Waals surface area contributed by atoms with Crippen LogP contribution in [0.4, 0.5) is 0 Å². The molecular formula is C12H22N2OS2. The molecule has 2 N–H and O–H groups in total. The maximum absolute atomic E-state index is 12.4. The lowest BCUT2D eigenvalue weighted by Gasteiger charge is -2.39. The largest absolute Gasteiger partial charge is 0.393 e. The summed E-state index contributed by atoms with van der Waals surface area (Å²) in [5.41, 5.74) is 5.68. The first-order valence-corrected chi connectivity index (χ1v) is 7.49. The highest BCUT2D eigenvalue weighted by Crippen LogP contribution is 2.30. The maximum atomic E-state index is 12.4. The van der Waals surface area contributed by atoms with Gasteiger partial charge in [0.25, 0.3) is 0 Å². The van der Waals surface area contributed by atoms with E-state index in [1.807, 2.05) is 16.7 Å². The van der Waals surface area contributed by atoms with Crippen molar-refractivity contribution in [2.24, 2.45) is 11.7 Å². The minimum atomic E-state index is -0.270. The van der Waals surface area contributed by atoms with E-state index in [-0.39, 0.29) is 16.6 Å². The van der Waals surface area contributed by atoms with Crippen LogP contribution >= 0.6 is 24.0 Å². The van der Waals surface area contributed by atoms with Crippen LogP contribution in [-0.2, 0) is 4.79 Å². The maximum Gasteiger partial charge on any atom is 0.232 e. The van der Waals surface area contributed by atoms with E-state index in [2.05, 4.69) is 20.8 Å². The molecule has 1 rings (SSSR count). The van der Waals surface area contributed by atoms with Gasteiger partial charge >= 0.3 is 0 Å². The van der Waals surface area contributed by atoms with Gasteiger partial charge in [0.15, 0.2) is 0 Å². The third kappa shape index (κ3) is 4.14. The predicted molar refractivity (Wildman–Crippen MR) is 78.3 cm³/mol. The molecule has 1 amide bonds. The van der Waals surface area contributed by atoms with Gasteiger partial charge in [-0.15, -0.1) is 0 Å². The average Bonchev–Trinajstić information content (AvgIpc) is 2.23. The number of nitrogens with zero attached hydrogens (tertiary/aromatic N) is 1. The van der Waals surface area contributed by atoms with Crippen LogP contribution in [0.3, 0.4) is 0 Å². The standard InChI is InChI=1S/C12H22N2OS2/c1-4-5-9(10(13)16)11(15)14-6-7-17-12(2,3)8-14/h9H,4-8H2,1-3H3,(H2,13,16). The molecule has 1 aliphatic heterocycles. The number of rotatable bonds is 4. The van der Waals surface area contributed by atoms with Crippen LogP contribution in [0, 0.1) is 5.92 Å². The summed E-state index contributed by atoms with van der Waals surface area (Å²) in [7, 11) is 0. The summed E-state index contributed by atoms with van der Waals surface area (Å²) >= 11 is 6.93. The van der Waals surface area contributed by atoms with Gasteiger partial charge in [0, 0.05) is 23.6 Å². The van der Waals surface area contributed by atoms with Gasteiger partial charge in [0.05, 0.1) is 10.9 Å². The second-order valence-electron chi connectivity index (χ2n) is 5.11. The SMILES string of the molecule is CCCC(C(=O)N1CCSC(C)(C)C1)C(N)=S. The summed E-state index contributed by atoms with van der Waals surface area (Å²) in [6, 6.07) is 0. The Labute approximate surface area is 113 Å². The Morgan fingerprint density at radius 1 is 1.59 bits per heavy atom. The highest BCUT2D eigenvalue weighted by molar-refractivity contribution is 8.00. The van der Waals surface area contributed by atoms with Gasteiger partial charge in [0.1, 0.15) is 0 Å². The molecule has 0 aliphatic carbocycles. The quantitative estimate of drug-likeness (QED) is 0.797. The van der Waals surface area contributed by atoms with Crippen molar-refractivity contribution < 1.29 is 4.79 Å². The molecule has 0 aromatic rings. The van der Waals surface area contributed by atoms with Gasteiger partial charge in [-0.05, 0) is 20.3 Å². The minimum absolute atomic E-state index is 0.118. The van der Waals surface area contributed by atoms with Crippen LogP contribution in [0.25, 0.3) is 0 Å². The van der Waals surface area contributed by atoms with E-state index in [4.69, 9.17) is 18.0 Å². The van der Waals surface area contributed by atoms with Crippen molar-refractivity contribution in [3.8, 4) is 0 Å². The number of hydrogen-bond donors (Lipinski definition) is 1. The van der Waals surface area contributed by atoms with E-state index in [0.717, 1.165) is 31.7 Å². The molecule has 0 saturated carbocycles. The van der Waals surface area contributed by atoms with Crippen molar-refractivity contribution in [2.45, 2.75) is 38.4 Å². The van der Waals surface area contributed by atoms with Crippen molar-refractivity contribution in [1.29, 1.82) is 0 Å². The lowest BCUT2D eigenvalue weighted by atomic mass is 10.0. The molecule has 1 aliphatic rings. The van der Waals surface area contributed by atoms with Crippen molar-refractivity contribution in [3.05, 3.63) is 0 Å². The van der Waals surface area contributed by atoms with Gasteiger partial charge in [-0.1, -0.05) is 25.6 Å². The average molecular weight is 274 g/mol. The number of carbonyl (C=O) groups is 1. The molecule has 1 unspecified atom stereocenters. The minimum Gasteiger partial charge on any atom is -0.393 e. The molecule has 1 fully saturated rings. The fourth-order valence-corrected chi connectivity index (χ4v) is 3.43. The van der Waals surface area contributed by atoms with Gasteiger partial charge in [0.2, 0.25) is 5.91 Å². The lowest BCUT2D eigenvalue weighted by molar-refractivity contribution is -0.133. The Morgan fingerprint density at radius 2 is 2.24 bits per heavy atom. The zero-order valence-corrected chi connectivity index (χ0v) is 12.5. The van der Waals surface area contributed by atoms with Crippen LogP contribution in [0.5, 0.6) is 0 Å². The smallest absolute Gasteiger partial charge is 0.232 e. The van der Waals surface area contributed by atoms with E-state index in [9.17, 15) is 4.79 Å². The molecule has 0 radical (unpaired) electrons. The molecule has 1 atom stereocenters. The number of nitrogens with two attached hydrogens (primary N) is 1. The van der Waals surface area contributed by atoms with Crippen LogP contribution < -0.4 is 5.73 Å². The molecule has 3 nitrogen and oxygen atoms in total. The second kappa shape index (κ2) is 6.05. The van der Waals surface area contributed by atoms with Crippen molar-refractivity contribution in [1.82, 2.24) is 4.90 Å². The Balaban J connectivity index is 2.70. The lowest BCUT2D eigenvalue weighted by Crippen LogP contribution is -2.50. The van der Waals surface area contributed by atoms with E-state index in [0.29, 0.717) is 4.99 Å². The fraction of sp³-hybridized carbons (Fsp3) is 0.833. The number of carbonyl (C=O) groups excluding carboxylic acids is 1. The molecule has 1 heterocycles. The van der Waals surface area contributed by atoms with E-state index < -0.39 is 0 Å². The monoisotopic (exact) mass is 274 g/mol. The van der Waals surface area contributed by atoms with Crippen molar-refractivity contribution in [2.75, 3.05) is 18.8 Å². The Bertz CT molecular complexity index is 305. The summed E-state index contributed by atoms with van der Waals surface area (Å²) in [4.78, 5) is 14.6. The predicted octanol–water partition coefficient (Wildman–Crippen LogP) is 2.04. The summed E-state index contributed by atoms with van der Waals surface area (Å²) in [5, 5.41) is 0. The third-order valence-electron chi connectivity index (χ3n) is 2.96. The van der Waals surface area contributed by atoms with E-state index in [1.54, 1.807) is 0 Å². The number of amides is 1. The highest BCUT2D eigenvalue weighted by atomic mass is 32.2. The van der Waals surface area contributed by atoms with E-state index in [1.165, 1.54) is 0 Å². The van der Waals surface area contributed by atoms with Crippen molar-refractivity contribution >= 4 is 34.9 Å². The van der Waals surface area contributed by atoms with Crippen LogP contribution in [-0.4, -0.2) is 39.4 Å². The molecule has 17 heavy (non-hydrogen) atoms. The van der Waals surface area contributed by atoms with Crippen LogP contribution in [0.1, 0.15) is 33.6 Å². The summed E-state index contributed by atoms with van der Waals surface area (Å²) in [6.45, 7) is 8.00. The molecule has 0 bridgehead atoms. The first-order chi connectivity index (χ1) is 7.87. The topological polar surface area (TPSA) is 46.3 Å². The summed E-state index contributed by atoms with van der Waals surface area (Å²) in [5.74, 6) is 0.844. The molecule has 0 aromatic heterocycles. The van der Waals surface area contributed by atoms with Gasteiger partial charge in [-0.2, -0.15) is 11.8 Å². The Kier molecular flexibility index (Phi) is 5.25. The van der Waals surface area contributed by atoms with Gasteiger partial charge < -0.3 is 10.6 Å². The van der Waals surface area contributed by atoms with Gasteiger partial charge in [-0.3, -0.25) is 4.79 Å². The summed E-state index contributed by atoms with van der Waals surface area (Å²) in [6.07, 6.45) is 1.69.